The number of aliphatic hydroxyl groups is 1. The van der Waals surface area contributed by atoms with Crippen molar-refractivity contribution in [1.29, 1.82) is 0 Å². The molecule has 0 radical (unpaired) electrons. The largest absolute Gasteiger partial charge is 0.391 e. The number of likely N-dealkylation sites (tertiary alicyclic amines) is 1. The minimum atomic E-state index is -0.382. The van der Waals surface area contributed by atoms with Gasteiger partial charge in [0.05, 0.1) is 6.10 Å². The number of piperidine rings is 1. The van der Waals surface area contributed by atoms with Crippen molar-refractivity contribution in [3.63, 3.8) is 0 Å². The number of carbonyl (C=O) groups is 1. The average Bonchev–Trinajstić information content (AvgIpc) is 2.21. The zero-order chi connectivity index (χ0) is 12.3. The molecular weight excluding hydrogens is 204 g/mol. The molecule has 3 atom stereocenters. The highest BCUT2D eigenvalue weighted by molar-refractivity contribution is 5.77. The molecule has 0 spiro atoms. The van der Waals surface area contributed by atoms with Crippen LogP contribution in [0.3, 0.4) is 0 Å². The van der Waals surface area contributed by atoms with Gasteiger partial charge < -0.3 is 15.7 Å². The summed E-state index contributed by atoms with van der Waals surface area (Å²) in [5.41, 5.74) is 5.88. The minimum Gasteiger partial charge on any atom is -0.391 e. The molecular formula is C12H24N2O2. The van der Waals surface area contributed by atoms with Gasteiger partial charge in [-0.05, 0) is 18.3 Å². The summed E-state index contributed by atoms with van der Waals surface area (Å²) in [6.07, 6.45) is 0.885. The van der Waals surface area contributed by atoms with Gasteiger partial charge >= 0.3 is 0 Å². The van der Waals surface area contributed by atoms with Crippen LogP contribution < -0.4 is 5.73 Å². The van der Waals surface area contributed by atoms with Crippen LogP contribution >= 0.6 is 0 Å². The number of hydrogen-bond acceptors (Lipinski definition) is 3. The topological polar surface area (TPSA) is 66.6 Å². The Hall–Kier alpha value is -0.610. The van der Waals surface area contributed by atoms with E-state index in [2.05, 4.69) is 0 Å². The molecule has 16 heavy (non-hydrogen) atoms. The zero-order valence-electron chi connectivity index (χ0n) is 10.5. The van der Waals surface area contributed by atoms with Crippen LogP contribution in [0, 0.1) is 11.8 Å². The van der Waals surface area contributed by atoms with E-state index >= 15 is 0 Å². The van der Waals surface area contributed by atoms with E-state index in [-0.39, 0.29) is 18.1 Å². The van der Waals surface area contributed by atoms with Crippen LogP contribution in [0.5, 0.6) is 0 Å². The van der Waals surface area contributed by atoms with Crippen molar-refractivity contribution in [1.82, 2.24) is 4.90 Å². The van der Waals surface area contributed by atoms with Crippen molar-refractivity contribution < 1.29 is 9.90 Å². The van der Waals surface area contributed by atoms with E-state index < -0.39 is 0 Å². The normalized spacial score (nSPS) is 28.2. The lowest BCUT2D eigenvalue weighted by Gasteiger charge is -2.35. The molecule has 0 aromatic carbocycles. The molecule has 1 saturated heterocycles. The number of aliphatic hydroxyl groups excluding tert-OH is 1. The first-order valence-corrected chi connectivity index (χ1v) is 6.13. The van der Waals surface area contributed by atoms with E-state index in [1.807, 2.05) is 20.8 Å². The van der Waals surface area contributed by atoms with Crippen LogP contribution in [0.1, 0.15) is 33.6 Å². The van der Waals surface area contributed by atoms with Crippen molar-refractivity contribution >= 4 is 5.91 Å². The molecule has 1 aliphatic rings. The molecule has 3 N–H and O–H groups in total. The van der Waals surface area contributed by atoms with E-state index in [0.717, 1.165) is 13.0 Å². The summed E-state index contributed by atoms with van der Waals surface area (Å²) in [6, 6.07) is -0.0796. The van der Waals surface area contributed by atoms with Crippen molar-refractivity contribution in [2.45, 2.75) is 45.8 Å². The lowest BCUT2D eigenvalue weighted by Crippen LogP contribution is -2.47. The third kappa shape index (κ3) is 3.46. The predicted octanol–water partition coefficient (Wildman–Crippen LogP) is 0.589. The van der Waals surface area contributed by atoms with E-state index in [0.29, 0.717) is 24.8 Å². The van der Waals surface area contributed by atoms with Crippen molar-refractivity contribution in [2.24, 2.45) is 17.6 Å². The SMILES string of the molecule is CC(C)C(N)CC(=O)N1CCC(C)C(O)C1. The maximum Gasteiger partial charge on any atom is 0.224 e. The second-order valence-corrected chi connectivity index (χ2v) is 5.29. The molecule has 1 amide bonds. The average molecular weight is 228 g/mol. The Morgan fingerprint density at radius 3 is 2.69 bits per heavy atom. The second-order valence-electron chi connectivity index (χ2n) is 5.29. The van der Waals surface area contributed by atoms with Gasteiger partial charge in [-0.1, -0.05) is 20.8 Å². The van der Waals surface area contributed by atoms with Crippen molar-refractivity contribution in [3.05, 3.63) is 0 Å². The number of hydrogen-bond donors (Lipinski definition) is 2. The van der Waals surface area contributed by atoms with Crippen LogP contribution in [-0.2, 0) is 4.79 Å². The monoisotopic (exact) mass is 228 g/mol. The number of amides is 1. The molecule has 0 aromatic rings. The molecule has 0 bridgehead atoms. The highest BCUT2D eigenvalue weighted by Gasteiger charge is 2.28. The Morgan fingerprint density at radius 2 is 2.19 bits per heavy atom. The summed E-state index contributed by atoms with van der Waals surface area (Å²) >= 11 is 0. The van der Waals surface area contributed by atoms with Gasteiger partial charge in [0.25, 0.3) is 0 Å². The summed E-state index contributed by atoms with van der Waals surface area (Å²) in [5, 5.41) is 9.72. The van der Waals surface area contributed by atoms with Crippen LogP contribution in [0.25, 0.3) is 0 Å². The molecule has 0 aliphatic carbocycles. The lowest BCUT2D eigenvalue weighted by atomic mass is 9.95. The maximum absolute atomic E-state index is 11.9. The molecule has 3 unspecified atom stereocenters. The molecule has 1 fully saturated rings. The van der Waals surface area contributed by atoms with E-state index in [1.54, 1.807) is 4.90 Å². The number of rotatable bonds is 3. The van der Waals surface area contributed by atoms with Gasteiger partial charge in [0, 0.05) is 25.6 Å². The predicted molar refractivity (Wildman–Crippen MR) is 63.8 cm³/mol. The molecule has 1 heterocycles. The van der Waals surface area contributed by atoms with Crippen LogP contribution in [0.2, 0.25) is 0 Å². The summed E-state index contributed by atoms with van der Waals surface area (Å²) in [5.74, 6) is 0.688. The van der Waals surface area contributed by atoms with Gasteiger partial charge in [-0.25, -0.2) is 0 Å². The third-order valence-electron chi connectivity index (χ3n) is 3.54. The number of nitrogens with zero attached hydrogens (tertiary/aromatic N) is 1. The Kier molecular flexibility index (Phi) is 4.74. The third-order valence-corrected chi connectivity index (χ3v) is 3.54. The fraction of sp³-hybridized carbons (Fsp3) is 0.917. The molecule has 4 nitrogen and oxygen atoms in total. The Labute approximate surface area is 97.8 Å². The molecule has 0 saturated carbocycles. The zero-order valence-corrected chi connectivity index (χ0v) is 10.5. The molecule has 94 valence electrons. The first-order valence-electron chi connectivity index (χ1n) is 6.13. The van der Waals surface area contributed by atoms with E-state index in [4.69, 9.17) is 5.73 Å². The number of carbonyl (C=O) groups excluding carboxylic acids is 1. The fourth-order valence-electron chi connectivity index (χ4n) is 1.84. The standard InChI is InChI=1S/C12H24N2O2/c1-8(2)10(13)6-12(16)14-5-4-9(3)11(15)7-14/h8-11,15H,4-7,13H2,1-3H3. The molecule has 1 aliphatic heterocycles. The Balaban J connectivity index is 2.43. The fourth-order valence-corrected chi connectivity index (χ4v) is 1.84. The number of nitrogens with two attached hydrogens (primary N) is 1. The summed E-state index contributed by atoms with van der Waals surface area (Å²) in [7, 11) is 0. The summed E-state index contributed by atoms with van der Waals surface area (Å²) < 4.78 is 0. The Bertz CT molecular complexity index is 243. The minimum absolute atomic E-state index is 0.0761. The number of β-amino-alcohol motifs (C(OH)–C–C–N with tert-alkyl or cyclic N) is 1. The first kappa shape index (κ1) is 13.5. The molecule has 0 aromatic heterocycles. The molecule has 1 rings (SSSR count). The summed E-state index contributed by atoms with van der Waals surface area (Å²) in [6.45, 7) is 7.27. The van der Waals surface area contributed by atoms with E-state index in [9.17, 15) is 9.90 Å². The first-order chi connectivity index (χ1) is 7.41. The van der Waals surface area contributed by atoms with Gasteiger partial charge in [-0.2, -0.15) is 0 Å². The van der Waals surface area contributed by atoms with Gasteiger partial charge in [-0.15, -0.1) is 0 Å². The maximum atomic E-state index is 11.9. The van der Waals surface area contributed by atoms with Crippen molar-refractivity contribution in [2.75, 3.05) is 13.1 Å². The van der Waals surface area contributed by atoms with Gasteiger partial charge in [0.15, 0.2) is 0 Å². The van der Waals surface area contributed by atoms with Crippen LogP contribution in [0.15, 0.2) is 0 Å². The van der Waals surface area contributed by atoms with Gasteiger partial charge in [-0.3, -0.25) is 4.79 Å². The van der Waals surface area contributed by atoms with Gasteiger partial charge in [0.2, 0.25) is 5.91 Å². The highest BCUT2D eigenvalue weighted by Crippen LogP contribution is 2.18. The molecule has 4 heteroatoms. The van der Waals surface area contributed by atoms with Crippen LogP contribution in [-0.4, -0.2) is 41.1 Å². The lowest BCUT2D eigenvalue weighted by molar-refractivity contribution is -0.136. The van der Waals surface area contributed by atoms with Gasteiger partial charge in [0.1, 0.15) is 0 Å². The van der Waals surface area contributed by atoms with E-state index in [1.165, 1.54) is 0 Å². The van der Waals surface area contributed by atoms with Crippen LogP contribution in [0.4, 0.5) is 0 Å². The van der Waals surface area contributed by atoms with Crippen molar-refractivity contribution in [3.8, 4) is 0 Å². The smallest absolute Gasteiger partial charge is 0.224 e. The second kappa shape index (κ2) is 5.64. The quantitative estimate of drug-likeness (QED) is 0.743. The summed E-state index contributed by atoms with van der Waals surface area (Å²) in [4.78, 5) is 13.6. The Morgan fingerprint density at radius 1 is 1.56 bits per heavy atom. The highest BCUT2D eigenvalue weighted by atomic mass is 16.3.